The lowest BCUT2D eigenvalue weighted by Gasteiger charge is -2.18. The molecule has 96 valence electrons. The highest BCUT2D eigenvalue weighted by atomic mass is 35.5. The van der Waals surface area contributed by atoms with Crippen molar-refractivity contribution in [3.8, 4) is 0 Å². The summed E-state index contributed by atoms with van der Waals surface area (Å²) in [5.74, 6) is 0.120. The fraction of sp³-hybridized carbons (Fsp3) is 0.750. The summed E-state index contributed by atoms with van der Waals surface area (Å²) >= 11 is 6.11. The molecule has 17 heavy (non-hydrogen) atoms. The number of ether oxygens (including phenoxy) is 1. The second-order valence-corrected chi connectivity index (χ2v) is 5.09. The molecule has 1 fully saturated rings. The summed E-state index contributed by atoms with van der Waals surface area (Å²) in [7, 11) is 0. The number of aliphatic hydroxyl groups is 1. The van der Waals surface area contributed by atoms with Crippen LogP contribution in [-0.4, -0.2) is 27.6 Å². The molecule has 3 atom stereocenters. The van der Waals surface area contributed by atoms with E-state index in [9.17, 15) is 5.11 Å². The van der Waals surface area contributed by atoms with Crippen LogP contribution in [0.15, 0.2) is 6.20 Å². The van der Waals surface area contributed by atoms with Crippen molar-refractivity contribution >= 4 is 11.6 Å². The summed E-state index contributed by atoms with van der Waals surface area (Å²) in [6.45, 7) is 5.47. The maximum atomic E-state index is 10.4. The Balaban J connectivity index is 2.17. The quantitative estimate of drug-likeness (QED) is 0.902. The van der Waals surface area contributed by atoms with Crippen molar-refractivity contribution in [3.63, 3.8) is 0 Å². The van der Waals surface area contributed by atoms with Gasteiger partial charge in [0.15, 0.2) is 0 Å². The van der Waals surface area contributed by atoms with Crippen molar-refractivity contribution in [2.24, 2.45) is 5.92 Å². The van der Waals surface area contributed by atoms with Gasteiger partial charge >= 0.3 is 0 Å². The zero-order chi connectivity index (χ0) is 12.4. The molecular formula is C12H19ClN2O2. The van der Waals surface area contributed by atoms with Gasteiger partial charge in [0.2, 0.25) is 0 Å². The maximum absolute atomic E-state index is 10.4. The van der Waals surface area contributed by atoms with Crippen LogP contribution in [0.1, 0.15) is 38.5 Å². The molecule has 4 nitrogen and oxygen atoms in total. The number of aliphatic hydroxyl groups excluding tert-OH is 1. The lowest BCUT2D eigenvalue weighted by atomic mass is 9.97. The molecule has 2 heterocycles. The zero-order valence-electron chi connectivity index (χ0n) is 10.3. The van der Waals surface area contributed by atoms with Crippen LogP contribution in [0.2, 0.25) is 5.02 Å². The molecule has 0 aromatic carbocycles. The van der Waals surface area contributed by atoms with Gasteiger partial charge in [-0.15, -0.1) is 0 Å². The Labute approximate surface area is 107 Å². The van der Waals surface area contributed by atoms with Gasteiger partial charge in [-0.2, -0.15) is 5.10 Å². The molecular weight excluding hydrogens is 240 g/mol. The lowest BCUT2D eigenvalue weighted by Crippen LogP contribution is -2.18. The highest BCUT2D eigenvalue weighted by molar-refractivity contribution is 6.31. The number of hydrogen-bond donors (Lipinski definition) is 1. The van der Waals surface area contributed by atoms with Gasteiger partial charge in [0, 0.05) is 12.5 Å². The second-order valence-electron chi connectivity index (χ2n) is 4.69. The highest BCUT2D eigenvalue weighted by Gasteiger charge is 2.32. The zero-order valence-corrected chi connectivity index (χ0v) is 11.0. The molecule has 5 heteroatoms. The van der Waals surface area contributed by atoms with Crippen molar-refractivity contribution in [2.75, 3.05) is 6.61 Å². The number of rotatable bonds is 4. The van der Waals surface area contributed by atoms with Crippen molar-refractivity contribution in [2.45, 2.75) is 45.4 Å². The minimum absolute atomic E-state index is 0.120. The predicted octanol–water partition coefficient (Wildman–Crippen LogP) is 2.40. The van der Waals surface area contributed by atoms with Crippen LogP contribution in [-0.2, 0) is 11.3 Å². The van der Waals surface area contributed by atoms with Crippen molar-refractivity contribution in [3.05, 3.63) is 16.9 Å². The Morgan fingerprint density at radius 2 is 2.47 bits per heavy atom. The molecule has 1 aliphatic heterocycles. The molecule has 1 aromatic heterocycles. The van der Waals surface area contributed by atoms with Crippen molar-refractivity contribution in [1.29, 1.82) is 0 Å². The topological polar surface area (TPSA) is 47.3 Å². The lowest BCUT2D eigenvalue weighted by molar-refractivity contribution is 0.0752. The predicted molar refractivity (Wildman–Crippen MR) is 66.0 cm³/mol. The third kappa shape index (κ3) is 2.64. The SMILES string of the molecule is CCCn1ncc(Cl)c1C(O)C1COC(C)C1. The van der Waals surface area contributed by atoms with E-state index >= 15 is 0 Å². The van der Waals surface area contributed by atoms with Gasteiger partial charge in [0.05, 0.1) is 29.6 Å². The molecule has 0 saturated carbocycles. The van der Waals surface area contributed by atoms with E-state index in [1.54, 1.807) is 10.9 Å². The standard InChI is InChI=1S/C12H19ClN2O2/c1-3-4-15-11(10(13)6-14-15)12(16)9-5-8(2)17-7-9/h6,8-9,12,16H,3-5,7H2,1-2H3. The number of aromatic nitrogens is 2. The largest absolute Gasteiger partial charge is 0.386 e. The van der Waals surface area contributed by atoms with Gasteiger partial charge in [0.25, 0.3) is 0 Å². The van der Waals surface area contributed by atoms with E-state index in [2.05, 4.69) is 12.0 Å². The van der Waals surface area contributed by atoms with E-state index in [0.717, 1.165) is 25.1 Å². The first-order valence-corrected chi connectivity index (χ1v) is 6.52. The first kappa shape index (κ1) is 12.9. The highest BCUT2D eigenvalue weighted by Crippen LogP contribution is 2.34. The molecule has 1 aliphatic rings. The van der Waals surface area contributed by atoms with Crippen LogP contribution in [0.5, 0.6) is 0 Å². The van der Waals surface area contributed by atoms with E-state index in [1.807, 2.05) is 6.92 Å². The Bertz CT molecular complexity index is 381. The van der Waals surface area contributed by atoms with E-state index in [4.69, 9.17) is 16.3 Å². The van der Waals surface area contributed by atoms with E-state index in [-0.39, 0.29) is 12.0 Å². The first-order chi connectivity index (χ1) is 8.13. The van der Waals surface area contributed by atoms with Crippen molar-refractivity contribution < 1.29 is 9.84 Å². The first-order valence-electron chi connectivity index (χ1n) is 6.14. The molecule has 1 aromatic rings. The smallest absolute Gasteiger partial charge is 0.102 e. The summed E-state index contributed by atoms with van der Waals surface area (Å²) in [6, 6.07) is 0. The molecule has 0 spiro atoms. The summed E-state index contributed by atoms with van der Waals surface area (Å²) in [5.41, 5.74) is 0.733. The van der Waals surface area contributed by atoms with E-state index in [1.165, 1.54) is 0 Å². The molecule has 3 unspecified atom stereocenters. The number of nitrogens with zero attached hydrogens (tertiary/aromatic N) is 2. The normalized spacial score (nSPS) is 26.4. The van der Waals surface area contributed by atoms with Crippen LogP contribution in [0, 0.1) is 5.92 Å². The van der Waals surface area contributed by atoms with Gasteiger partial charge in [0.1, 0.15) is 6.10 Å². The summed E-state index contributed by atoms with van der Waals surface area (Å²) in [6.07, 6.45) is 3.08. The number of halogens is 1. The van der Waals surface area contributed by atoms with Gasteiger partial charge in [-0.1, -0.05) is 18.5 Å². The van der Waals surface area contributed by atoms with Crippen LogP contribution >= 0.6 is 11.6 Å². The Hall–Kier alpha value is -0.580. The van der Waals surface area contributed by atoms with E-state index in [0.29, 0.717) is 11.6 Å². The molecule has 1 N–H and O–H groups in total. The molecule has 0 radical (unpaired) electrons. The Kier molecular flexibility index (Phi) is 4.07. The van der Waals surface area contributed by atoms with Gasteiger partial charge in [-0.3, -0.25) is 4.68 Å². The van der Waals surface area contributed by atoms with Gasteiger partial charge in [-0.05, 0) is 19.8 Å². The molecule has 0 aliphatic carbocycles. The van der Waals surface area contributed by atoms with Crippen LogP contribution in [0.3, 0.4) is 0 Å². The molecule has 0 amide bonds. The summed E-state index contributed by atoms with van der Waals surface area (Å²) < 4.78 is 7.29. The van der Waals surface area contributed by atoms with Crippen LogP contribution < -0.4 is 0 Å². The average Bonchev–Trinajstić information content (AvgIpc) is 2.86. The number of hydrogen-bond acceptors (Lipinski definition) is 3. The van der Waals surface area contributed by atoms with Crippen LogP contribution in [0.4, 0.5) is 0 Å². The molecule has 2 rings (SSSR count). The average molecular weight is 259 g/mol. The van der Waals surface area contributed by atoms with Crippen LogP contribution in [0.25, 0.3) is 0 Å². The fourth-order valence-electron chi connectivity index (χ4n) is 2.35. The molecule has 0 bridgehead atoms. The van der Waals surface area contributed by atoms with Crippen molar-refractivity contribution in [1.82, 2.24) is 9.78 Å². The summed E-state index contributed by atoms with van der Waals surface area (Å²) in [4.78, 5) is 0. The Morgan fingerprint density at radius 1 is 1.71 bits per heavy atom. The van der Waals surface area contributed by atoms with Gasteiger partial charge in [-0.25, -0.2) is 0 Å². The minimum atomic E-state index is -0.582. The third-order valence-corrected chi connectivity index (χ3v) is 3.52. The minimum Gasteiger partial charge on any atom is -0.386 e. The molecule has 1 saturated heterocycles. The fourth-order valence-corrected chi connectivity index (χ4v) is 2.60. The Morgan fingerprint density at radius 3 is 3.06 bits per heavy atom. The van der Waals surface area contributed by atoms with E-state index < -0.39 is 6.10 Å². The van der Waals surface area contributed by atoms with Gasteiger partial charge < -0.3 is 9.84 Å². The third-order valence-electron chi connectivity index (χ3n) is 3.22. The summed E-state index contributed by atoms with van der Waals surface area (Å²) in [5, 5.41) is 15.1. The monoisotopic (exact) mass is 258 g/mol. The maximum Gasteiger partial charge on any atom is 0.102 e. The number of aryl methyl sites for hydroxylation is 1. The second kappa shape index (κ2) is 5.38.